The van der Waals surface area contributed by atoms with Crippen molar-refractivity contribution < 1.29 is 4.92 Å². The monoisotopic (exact) mass is 440 g/mol. The van der Waals surface area contributed by atoms with Crippen LogP contribution in [0.4, 0.5) is 28.7 Å². The summed E-state index contributed by atoms with van der Waals surface area (Å²) in [7, 11) is 0. The molecule has 2 heterocycles. The van der Waals surface area contributed by atoms with E-state index in [9.17, 15) is 10.1 Å². The lowest BCUT2D eigenvalue weighted by molar-refractivity contribution is -0.383. The molecule has 0 saturated carbocycles. The molecule has 0 unspecified atom stereocenters. The number of nitrogens with zero attached hydrogens (tertiary/aromatic N) is 4. The fraction of sp³-hybridized carbons (Fsp3) is 0.0500. The van der Waals surface area contributed by atoms with Gasteiger partial charge in [-0.3, -0.25) is 15.1 Å². The molecule has 10 heteroatoms. The Labute approximate surface area is 181 Å². The molecule has 2 N–H and O–H groups in total. The van der Waals surface area contributed by atoms with Gasteiger partial charge in [0, 0.05) is 21.8 Å². The van der Waals surface area contributed by atoms with Crippen molar-refractivity contribution in [3.63, 3.8) is 0 Å². The van der Waals surface area contributed by atoms with Crippen LogP contribution >= 0.6 is 23.2 Å². The van der Waals surface area contributed by atoms with Crippen LogP contribution in [0, 0.1) is 17.0 Å². The van der Waals surface area contributed by atoms with E-state index in [1.165, 1.54) is 12.4 Å². The number of nitrogens with one attached hydrogen (secondary N) is 2. The number of halogens is 2. The molecule has 2 aromatic carbocycles. The minimum atomic E-state index is -0.554. The Morgan fingerprint density at radius 3 is 2.40 bits per heavy atom. The van der Waals surface area contributed by atoms with Gasteiger partial charge in [0.1, 0.15) is 6.33 Å². The van der Waals surface area contributed by atoms with Gasteiger partial charge in [-0.15, -0.1) is 0 Å². The molecular formula is C20H14Cl2N6O2. The van der Waals surface area contributed by atoms with Crippen molar-refractivity contribution in [2.45, 2.75) is 6.92 Å². The maximum absolute atomic E-state index is 11.8. The summed E-state index contributed by atoms with van der Waals surface area (Å²) in [6.07, 6.45) is 1.23. The normalized spacial score (nSPS) is 10.8. The zero-order valence-electron chi connectivity index (χ0n) is 15.6. The van der Waals surface area contributed by atoms with E-state index in [0.717, 1.165) is 16.6 Å². The molecule has 0 atom stereocenters. The molecule has 150 valence electrons. The van der Waals surface area contributed by atoms with Gasteiger partial charge < -0.3 is 10.6 Å². The maximum atomic E-state index is 11.8. The van der Waals surface area contributed by atoms with Gasteiger partial charge in [-0.05, 0) is 49.4 Å². The number of aryl methyl sites for hydroxylation is 1. The van der Waals surface area contributed by atoms with E-state index >= 15 is 0 Å². The van der Waals surface area contributed by atoms with Gasteiger partial charge in [-0.1, -0.05) is 29.3 Å². The highest BCUT2D eigenvalue weighted by molar-refractivity contribution is 6.36. The number of nitro groups is 1. The van der Waals surface area contributed by atoms with E-state index in [1.54, 1.807) is 18.2 Å². The Hall–Kier alpha value is -3.49. The van der Waals surface area contributed by atoms with Gasteiger partial charge >= 0.3 is 5.69 Å². The van der Waals surface area contributed by atoms with Crippen molar-refractivity contribution in [3.8, 4) is 0 Å². The van der Waals surface area contributed by atoms with Crippen molar-refractivity contribution in [3.05, 3.63) is 80.7 Å². The third kappa shape index (κ3) is 3.96. The lowest BCUT2D eigenvalue weighted by atomic mass is 10.1. The lowest BCUT2D eigenvalue weighted by Gasteiger charge is -2.12. The average molecular weight is 441 g/mol. The predicted molar refractivity (Wildman–Crippen MR) is 118 cm³/mol. The highest BCUT2D eigenvalue weighted by Gasteiger charge is 2.24. The van der Waals surface area contributed by atoms with Crippen molar-refractivity contribution in [1.29, 1.82) is 0 Å². The number of rotatable bonds is 5. The van der Waals surface area contributed by atoms with Gasteiger partial charge in [0.05, 0.1) is 21.2 Å². The van der Waals surface area contributed by atoms with E-state index in [0.29, 0.717) is 21.4 Å². The second kappa shape index (κ2) is 8.10. The van der Waals surface area contributed by atoms with Crippen LogP contribution in [0.15, 0.2) is 54.9 Å². The Bertz CT molecular complexity index is 1280. The smallest absolute Gasteiger partial charge is 0.334 e. The molecule has 0 radical (unpaired) electrons. The Balaban J connectivity index is 1.76. The molecule has 8 nitrogen and oxygen atoms in total. The SMILES string of the molecule is Cc1ccc2c(Nc3ncnc(Nc4ccc(Cl)cc4Cl)c3[N+](=O)[O-])cccc2n1. The van der Waals surface area contributed by atoms with Gasteiger partial charge in [0.2, 0.25) is 11.6 Å². The number of hydrogen-bond donors (Lipinski definition) is 2. The fourth-order valence-electron chi connectivity index (χ4n) is 2.95. The van der Waals surface area contributed by atoms with Crippen LogP contribution in [-0.4, -0.2) is 19.9 Å². The summed E-state index contributed by atoms with van der Waals surface area (Å²) in [5, 5.41) is 19.3. The van der Waals surface area contributed by atoms with Gasteiger partial charge in [0.15, 0.2) is 0 Å². The van der Waals surface area contributed by atoms with E-state index < -0.39 is 4.92 Å². The van der Waals surface area contributed by atoms with Crippen molar-refractivity contribution >= 4 is 62.8 Å². The number of anilines is 4. The van der Waals surface area contributed by atoms with Gasteiger partial charge in [0.25, 0.3) is 0 Å². The zero-order chi connectivity index (χ0) is 21.3. The molecule has 0 aliphatic rings. The van der Waals surface area contributed by atoms with Crippen LogP contribution in [0.5, 0.6) is 0 Å². The third-order valence-electron chi connectivity index (χ3n) is 4.31. The van der Waals surface area contributed by atoms with Crippen LogP contribution < -0.4 is 10.6 Å². The third-order valence-corrected chi connectivity index (χ3v) is 4.86. The number of pyridine rings is 1. The first kappa shape index (κ1) is 19.8. The lowest BCUT2D eigenvalue weighted by Crippen LogP contribution is -2.06. The summed E-state index contributed by atoms with van der Waals surface area (Å²) in [6, 6.07) is 14.0. The molecule has 0 bridgehead atoms. The fourth-order valence-corrected chi connectivity index (χ4v) is 3.40. The zero-order valence-corrected chi connectivity index (χ0v) is 17.1. The van der Waals surface area contributed by atoms with Crippen LogP contribution in [0.1, 0.15) is 5.69 Å². The first-order chi connectivity index (χ1) is 14.4. The molecule has 0 spiro atoms. The summed E-state index contributed by atoms with van der Waals surface area (Å²) in [6.45, 7) is 1.90. The Morgan fingerprint density at radius 1 is 0.967 bits per heavy atom. The maximum Gasteiger partial charge on any atom is 0.353 e. The number of benzene rings is 2. The molecular weight excluding hydrogens is 427 g/mol. The summed E-state index contributed by atoms with van der Waals surface area (Å²) in [5.74, 6) is 0.0339. The van der Waals surface area contributed by atoms with Crippen LogP contribution in [-0.2, 0) is 0 Å². The number of aromatic nitrogens is 3. The molecule has 0 saturated heterocycles. The molecule has 4 aromatic rings. The second-order valence-electron chi connectivity index (χ2n) is 6.38. The van der Waals surface area contributed by atoms with Crippen LogP contribution in [0.3, 0.4) is 0 Å². The number of hydrogen-bond acceptors (Lipinski definition) is 7. The average Bonchev–Trinajstić information content (AvgIpc) is 2.70. The topological polar surface area (TPSA) is 106 Å². The molecule has 4 rings (SSSR count). The summed E-state index contributed by atoms with van der Waals surface area (Å²) >= 11 is 12.1. The Kier molecular flexibility index (Phi) is 5.35. The summed E-state index contributed by atoms with van der Waals surface area (Å²) in [5.41, 5.74) is 2.39. The van der Waals surface area contributed by atoms with E-state index in [-0.39, 0.29) is 17.3 Å². The molecule has 2 aromatic heterocycles. The van der Waals surface area contributed by atoms with Crippen LogP contribution in [0.25, 0.3) is 10.9 Å². The standard InChI is InChI=1S/C20H14Cl2N6O2/c1-11-5-7-13-15(25-11)3-2-4-16(13)26-19-18(28(29)30)20(24-10-23-19)27-17-8-6-12(21)9-14(17)22/h2-10H,1H3,(H2,23,24,26,27). The van der Waals surface area contributed by atoms with E-state index in [2.05, 4.69) is 25.6 Å². The van der Waals surface area contributed by atoms with Gasteiger partial charge in [-0.2, -0.15) is 0 Å². The predicted octanol–water partition coefficient (Wildman–Crippen LogP) is 6.04. The summed E-state index contributed by atoms with van der Waals surface area (Å²) < 4.78 is 0. The van der Waals surface area contributed by atoms with E-state index in [4.69, 9.17) is 23.2 Å². The largest absolute Gasteiger partial charge is 0.353 e. The first-order valence-electron chi connectivity index (χ1n) is 8.77. The van der Waals surface area contributed by atoms with Gasteiger partial charge in [-0.25, -0.2) is 9.97 Å². The minimum Gasteiger partial charge on any atom is -0.334 e. The second-order valence-corrected chi connectivity index (χ2v) is 7.22. The highest BCUT2D eigenvalue weighted by Crippen LogP contribution is 2.36. The van der Waals surface area contributed by atoms with Crippen LogP contribution in [0.2, 0.25) is 10.0 Å². The molecule has 0 amide bonds. The van der Waals surface area contributed by atoms with Crippen molar-refractivity contribution in [1.82, 2.24) is 15.0 Å². The molecule has 0 aliphatic heterocycles. The van der Waals surface area contributed by atoms with E-state index in [1.807, 2.05) is 31.2 Å². The Morgan fingerprint density at radius 2 is 1.70 bits per heavy atom. The molecule has 30 heavy (non-hydrogen) atoms. The molecule has 0 fully saturated rings. The molecule has 0 aliphatic carbocycles. The highest BCUT2D eigenvalue weighted by atomic mass is 35.5. The quantitative estimate of drug-likeness (QED) is 0.287. The van der Waals surface area contributed by atoms with Crippen molar-refractivity contribution in [2.75, 3.05) is 10.6 Å². The minimum absolute atomic E-state index is 0.00377. The van der Waals surface area contributed by atoms with Crippen molar-refractivity contribution in [2.24, 2.45) is 0 Å². The first-order valence-corrected chi connectivity index (χ1v) is 9.53. The number of fused-ring (bicyclic) bond motifs is 1. The summed E-state index contributed by atoms with van der Waals surface area (Å²) in [4.78, 5) is 23.9.